The number of guanidine groups is 1. The largest absolute Gasteiger partial charge is 0.343 e. The van der Waals surface area contributed by atoms with Crippen LogP contribution in [0, 0.1) is 27.1 Å². The second kappa shape index (κ2) is 22.7. The standard InChI is InChI=1S/C41H85N3/c1-38(2,3)29-21-13-17-25-33-43(34-26-18-14-22-30-39(4,5)6)37(42)44(35-27-19-15-23-31-40(7,8)9)36-28-20-16-24-32-41(10,11)12/h42H,13-36H2,1-12H3. The van der Waals surface area contributed by atoms with Crippen molar-refractivity contribution < 1.29 is 0 Å². The number of nitrogens with one attached hydrogen (secondary N) is 1. The van der Waals surface area contributed by atoms with Crippen LogP contribution in [0.2, 0.25) is 0 Å². The van der Waals surface area contributed by atoms with Gasteiger partial charge in [0.05, 0.1) is 0 Å². The summed E-state index contributed by atoms with van der Waals surface area (Å²) in [5, 5.41) is 9.45. The Balaban J connectivity index is 5.13. The quantitative estimate of drug-likeness (QED) is 0.0662. The Bertz CT molecular complexity index is 573. The molecule has 0 aromatic rings. The summed E-state index contributed by atoms with van der Waals surface area (Å²) in [6, 6.07) is 0. The van der Waals surface area contributed by atoms with Crippen molar-refractivity contribution in [3.63, 3.8) is 0 Å². The zero-order valence-electron chi connectivity index (χ0n) is 32.9. The van der Waals surface area contributed by atoms with E-state index in [1.807, 2.05) is 0 Å². The Hall–Kier alpha value is -0.730. The lowest BCUT2D eigenvalue weighted by Gasteiger charge is -2.34. The molecule has 264 valence electrons. The molecule has 0 atom stereocenters. The molecule has 1 N–H and O–H groups in total. The van der Waals surface area contributed by atoms with E-state index >= 15 is 0 Å². The van der Waals surface area contributed by atoms with Gasteiger partial charge in [-0.3, -0.25) is 5.41 Å². The van der Waals surface area contributed by atoms with E-state index in [2.05, 4.69) is 92.9 Å². The molecule has 0 saturated heterocycles. The van der Waals surface area contributed by atoms with Gasteiger partial charge in [0.25, 0.3) is 0 Å². The molecule has 0 unspecified atom stereocenters. The molecule has 0 fully saturated rings. The first-order valence-corrected chi connectivity index (χ1v) is 19.4. The van der Waals surface area contributed by atoms with Crippen molar-refractivity contribution in [1.29, 1.82) is 5.41 Å². The summed E-state index contributed by atoms with van der Waals surface area (Å²) >= 11 is 0. The predicted molar refractivity (Wildman–Crippen MR) is 201 cm³/mol. The first-order valence-electron chi connectivity index (χ1n) is 19.4. The minimum Gasteiger partial charge on any atom is -0.343 e. The zero-order chi connectivity index (χ0) is 33.7. The summed E-state index contributed by atoms with van der Waals surface area (Å²) in [5.74, 6) is 0.832. The van der Waals surface area contributed by atoms with Crippen LogP contribution in [0.3, 0.4) is 0 Å². The summed E-state index contributed by atoms with van der Waals surface area (Å²) in [5.41, 5.74) is 1.78. The first kappa shape index (κ1) is 43.3. The van der Waals surface area contributed by atoms with Gasteiger partial charge in [-0.2, -0.15) is 0 Å². The Morgan fingerprint density at radius 1 is 0.318 bits per heavy atom. The minimum absolute atomic E-state index is 0.446. The Morgan fingerprint density at radius 2 is 0.500 bits per heavy atom. The summed E-state index contributed by atoms with van der Waals surface area (Å²) in [6.45, 7) is 32.6. The van der Waals surface area contributed by atoms with Gasteiger partial charge < -0.3 is 9.80 Å². The molecule has 3 nitrogen and oxygen atoms in total. The molecule has 0 bridgehead atoms. The maximum Gasteiger partial charge on any atom is 0.193 e. The van der Waals surface area contributed by atoms with E-state index in [4.69, 9.17) is 0 Å². The van der Waals surface area contributed by atoms with Gasteiger partial charge >= 0.3 is 0 Å². The number of rotatable bonds is 24. The molecule has 0 aliphatic rings. The molecule has 0 aliphatic heterocycles. The molecule has 3 heteroatoms. The summed E-state index contributed by atoms with van der Waals surface area (Å²) in [4.78, 5) is 4.96. The fourth-order valence-electron chi connectivity index (χ4n) is 6.09. The summed E-state index contributed by atoms with van der Waals surface area (Å²) in [6.07, 6.45) is 26.1. The molecule has 0 saturated carbocycles. The van der Waals surface area contributed by atoms with E-state index < -0.39 is 0 Å². The second-order valence-electron chi connectivity index (χ2n) is 19.2. The molecule has 0 spiro atoms. The normalized spacial score (nSPS) is 13.0. The second-order valence-corrected chi connectivity index (χ2v) is 19.2. The predicted octanol–water partition coefficient (Wildman–Crippen LogP) is 13.5. The lowest BCUT2D eigenvalue weighted by atomic mass is 9.89. The van der Waals surface area contributed by atoms with E-state index in [9.17, 15) is 5.41 Å². The highest BCUT2D eigenvalue weighted by atomic mass is 15.4. The van der Waals surface area contributed by atoms with Crippen molar-refractivity contribution in [2.24, 2.45) is 21.7 Å². The van der Waals surface area contributed by atoms with Crippen molar-refractivity contribution in [1.82, 2.24) is 9.80 Å². The molecule has 0 aliphatic carbocycles. The zero-order valence-corrected chi connectivity index (χ0v) is 32.9. The Labute approximate surface area is 280 Å². The van der Waals surface area contributed by atoms with Crippen molar-refractivity contribution in [2.45, 2.75) is 212 Å². The third-order valence-electron chi connectivity index (χ3n) is 9.02. The van der Waals surface area contributed by atoms with Crippen molar-refractivity contribution in [3.8, 4) is 0 Å². The fraction of sp³-hybridized carbons (Fsp3) is 0.976. The average Bonchev–Trinajstić information content (AvgIpc) is 2.86. The molecule has 0 radical (unpaired) electrons. The van der Waals surface area contributed by atoms with Gasteiger partial charge in [-0.1, -0.05) is 160 Å². The average molecular weight is 620 g/mol. The molecular weight excluding hydrogens is 534 g/mol. The summed E-state index contributed by atoms with van der Waals surface area (Å²) in [7, 11) is 0. The van der Waals surface area contributed by atoms with Gasteiger partial charge in [-0.25, -0.2) is 0 Å². The lowest BCUT2D eigenvalue weighted by molar-refractivity contribution is 0.286. The fourth-order valence-corrected chi connectivity index (χ4v) is 6.09. The first-order chi connectivity index (χ1) is 20.3. The summed E-state index contributed by atoms with van der Waals surface area (Å²) < 4.78 is 0. The van der Waals surface area contributed by atoms with E-state index in [0.717, 1.165) is 32.1 Å². The van der Waals surface area contributed by atoms with E-state index in [1.54, 1.807) is 0 Å². The number of unbranched alkanes of at least 4 members (excludes halogenated alkanes) is 12. The molecule has 0 amide bonds. The van der Waals surface area contributed by atoms with Gasteiger partial charge in [0.15, 0.2) is 5.96 Å². The number of nitrogens with zero attached hydrogens (tertiary/aromatic N) is 2. The van der Waals surface area contributed by atoms with E-state index in [-0.39, 0.29) is 0 Å². The van der Waals surface area contributed by atoms with Gasteiger partial charge in [-0.05, 0) is 73.0 Å². The van der Waals surface area contributed by atoms with Crippen LogP contribution >= 0.6 is 0 Å². The van der Waals surface area contributed by atoms with Crippen molar-refractivity contribution in [3.05, 3.63) is 0 Å². The minimum atomic E-state index is 0.446. The van der Waals surface area contributed by atoms with Gasteiger partial charge in [0.2, 0.25) is 0 Å². The SMILES string of the molecule is CC(C)(C)CCCCCCN(CCCCCCC(C)(C)C)C(=N)N(CCCCCCC(C)(C)C)CCCCCCC(C)(C)C. The van der Waals surface area contributed by atoms with Crippen LogP contribution in [0.25, 0.3) is 0 Å². The smallest absolute Gasteiger partial charge is 0.193 e. The van der Waals surface area contributed by atoms with Gasteiger partial charge in [0, 0.05) is 26.2 Å². The highest BCUT2D eigenvalue weighted by Gasteiger charge is 2.18. The molecule has 0 aromatic heterocycles. The molecule has 0 rings (SSSR count). The highest BCUT2D eigenvalue weighted by molar-refractivity contribution is 5.76. The monoisotopic (exact) mass is 620 g/mol. The van der Waals surface area contributed by atoms with Gasteiger partial charge in [-0.15, -0.1) is 0 Å². The Morgan fingerprint density at radius 3 is 0.682 bits per heavy atom. The maximum absolute atomic E-state index is 9.45. The van der Waals surface area contributed by atoms with Crippen LogP contribution in [-0.2, 0) is 0 Å². The molecule has 44 heavy (non-hydrogen) atoms. The molecular formula is C41H85N3. The lowest BCUT2D eigenvalue weighted by Crippen LogP contribution is -2.45. The Kier molecular flexibility index (Phi) is 22.4. The van der Waals surface area contributed by atoms with Crippen LogP contribution < -0.4 is 0 Å². The van der Waals surface area contributed by atoms with Crippen LogP contribution in [0.5, 0.6) is 0 Å². The van der Waals surface area contributed by atoms with Crippen LogP contribution in [-0.4, -0.2) is 41.9 Å². The number of hydrogen-bond acceptors (Lipinski definition) is 1. The number of hydrogen-bond donors (Lipinski definition) is 1. The third-order valence-corrected chi connectivity index (χ3v) is 9.02. The molecule has 0 aromatic carbocycles. The maximum atomic E-state index is 9.45. The highest BCUT2D eigenvalue weighted by Crippen LogP contribution is 2.25. The van der Waals surface area contributed by atoms with Crippen LogP contribution in [0.4, 0.5) is 0 Å². The van der Waals surface area contributed by atoms with E-state index in [1.165, 1.54) is 128 Å². The third kappa shape index (κ3) is 30.0. The van der Waals surface area contributed by atoms with Crippen molar-refractivity contribution in [2.75, 3.05) is 26.2 Å². The van der Waals surface area contributed by atoms with E-state index in [0.29, 0.717) is 21.7 Å². The van der Waals surface area contributed by atoms with Crippen LogP contribution in [0.1, 0.15) is 212 Å². The van der Waals surface area contributed by atoms with Crippen molar-refractivity contribution >= 4 is 5.96 Å². The van der Waals surface area contributed by atoms with Gasteiger partial charge in [0.1, 0.15) is 0 Å². The van der Waals surface area contributed by atoms with Crippen LogP contribution in [0.15, 0.2) is 0 Å². The topological polar surface area (TPSA) is 30.3 Å². The molecule has 0 heterocycles.